The molecule has 1 aromatic carbocycles. The van der Waals surface area contributed by atoms with Crippen molar-refractivity contribution in [1.82, 2.24) is 9.88 Å². The first kappa shape index (κ1) is 15.6. The van der Waals surface area contributed by atoms with Crippen LogP contribution in [0.25, 0.3) is 0 Å². The van der Waals surface area contributed by atoms with Gasteiger partial charge in [0.1, 0.15) is 5.82 Å². The van der Waals surface area contributed by atoms with Gasteiger partial charge in [0.2, 0.25) is 11.8 Å². The van der Waals surface area contributed by atoms with Crippen LogP contribution in [0.15, 0.2) is 35.8 Å². The summed E-state index contributed by atoms with van der Waals surface area (Å²) in [7, 11) is 0. The molecule has 0 aliphatic carbocycles. The van der Waals surface area contributed by atoms with Crippen LogP contribution in [0.5, 0.6) is 0 Å². The Morgan fingerprint density at radius 3 is 2.87 bits per heavy atom. The lowest BCUT2D eigenvalue weighted by molar-refractivity contribution is -0.128. The lowest BCUT2D eigenvalue weighted by Crippen LogP contribution is -2.30. The zero-order chi connectivity index (χ0) is 16.2. The summed E-state index contributed by atoms with van der Waals surface area (Å²) in [4.78, 5) is 29.9. The van der Waals surface area contributed by atoms with Gasteiger partial charge in [0.15, 0.2) is 5.13 Å². The van der Waals surface area contributed by atoms with E-state index < -0.39 is 0 Å². The van der Waals surface area contributed by atoms with Crippen molar-refractivity contribution in [2.45, 2.75) is 12.8 Å². The maximum Gasteiger partial charge on any atom is 0.231 e. The lowest BCUT2D eigenvalue weighted by atomic mass is 10.1. The summed E-state index contributed by atoms with van der Waals surface area (Å²) >= 11 is 1.35. The van der Waals surface area contributed by atoms with Crippen LogP contribution in [0.2, 0.25) is 0 Å². The highest BCUT2D eigenvalue weighted by Crippen LogP contribution is 2.21. The van der Waals surface area contributed by atoms with E-state index in [1.54, 1.807) is 28.6 Å². The van der Waals surface area contributed by atoms with E-state index in [9.17, 15) is 14.0 Å². The minimum Gasteiger partial charge on any atom is -0.342 e. The largest absolute Gasteiger partial charge is 0.342 e. The number of nitrogens with zero attached hydrogens (tertiary/aromatic N) is 2. The van der Waals surface area contributed by atoms with Gasteiger partial charge in [-0.05, 0) is 24.1 Å². The van der Waals surface area contributed by atoms with Crippen LogP contribution in [-0.4, -0.2) is 34.8 Å². The minimum absolute atomic E-state index is 0.0219. The van der Waals surface area contributed by atoms with Gasteiger partial charge < -0.3 is 10.2 Å². The van der Waals surface area contributed by atoms with Crippen LogP contribution in [0.4, 0.5) is 9.52 Å². The normalized spacial score (nSPS) is 17.5. The van der Waals surface area contributed by atoms with Gasteiger partial charge in [-0.2, -0.15) is 0 Å². The van der Waals surface area contributed by atoms with Crippen molar-refractivity contribution in [1.29, 1.82) is 0 Å². The maximum absolute atomic E-state index is 12.9. The Morgan fingerprint density at radius 1 is 1.39 bits per heavy atom. The van der Waals surface area contributed by atoms with E-state index in [2.05, 4.69) is 10.3 Å². The predicted molar refractivity (Wildman–Crippen MR) is 85.5 cm³/mol. The van der Waals surface area contributed by atoms with E-state index in [1.807, 2.05) is 0 Å². The molecule has 2 heterocycles. The molecule has 0 saturated carbocycles. The second-order valence-corrected chi connectivity index (χ2v) is 6.34. The van der Waals surface area contributed by atoms with E-state index in [1.165, 1.54) is 23.5 Å². The summed E-state index contributed by atoms with van der Waals surface area (Å²) in [5, 5.41) is 5.06. The number of aromatic nitrogens is 1. The Kier molecular flexibility index (Phi) is 4.66. The molecule has 1 fully saturated rings. The zero-order valence-electron chi connectivity index (χ0n) is 12.4. The minimum atomic E-state index is -0.348. The number of thiazole rings is 1. The number of benzene rings is 1. The monoisotopic (exact) mass is 333 g/mol. The van der Waals surface area contributed by atoms with Gasteiger partial charge in [0.05, 0.1) is 5.92 Å². The highest BCUT2D eigenvalue weighted by atomic mass is 32.1. The second-order valence-electron chi connectivity index (χ2n) is 5.44. The van der Waals surface area contributed by atoms with Crippen LogP contribution in [0, 0.1) is 11.7 Å². The average molecular weight is 333 g/mol. The molecule has 0 spiro atoms. The molecule has 2 amide bonds. The summed E-state index contributed by atoms with van der Waals surface area (Å²) in [6, 6.07) is 6.24. The summed E-state index contributed by atoms with van der Waals surface area (Å²) < 4.78 is 12.9. The standard InChI is InChI=1S/C16H16FN3O2S/c17-13-3-1-11(2-4-13)5-7-20-10-12(9-14(20)21)15(22)19-16-18-6-8-23-16/h1-4,6,8,12H,5,7,9-10H2,(H,18,19,22)/t12-/m0/s1. The molecule has 1 aliphatic heterocycles. The van der Waals surface area contributed by atoms with Crippen LogP contribution < -0.4 is 5.32 Å². The first-order valence-corrected chi connectivity index (χ1v) is 8.22. The van der Waals surface area contributed by atoms with Crippen LogP contribution in [0.1, 0.15) is 12.0 Å². The number of hydrogen-bond donors (Lipinski definition) is 1. The summed E-state index contributed by atoms with van der Waals surface area (Å²) in [5.41, 5.74) is 0.967. The highest BCUT2D eigenvalue weighted by molar-refractivity contribution is 7.13. The molecule has 1 atom stereocenters. The third-order valence-corrected chi connectivity index (χ3v) is 4.52. The lowest BCUT2D eigenvalue weighted by Gasteiger charge is -2.16. The Balaban J connectivity index is 1.52. The quantitative estimate of drug-likeness (QED) is 0.913. The second kappa shape index (κ2) is 6.87. The fourth-order valence-electron chi connectivity index (χ4n) is 2.57. The van der Waals surface area contributed by atoms with E-state index in [0.29, 0.717) is 24.6 Å². The molecule has 1 aromatic heterocycles. The van der Waals surface area contributed by atoms with E-state index >= 15 is 0 Å². The molecule has 1 N–H and O–H groups in total. The van der Waals surface area contributed by atoms with Crippen molar-refractivity contribution in [3.8, 4) is 0 Å². The number of rotatable bonds is 5. The Bertz CT molecular complexity index is 688. The van der Waals surface area contributed by atoms with Crippen LogP contribution in [-0.2, 0) is 16.0 Å². The molecule has 5 nitrogen and oxygen atoms in total. The third-order valence-electron chi connectivity index (χ3n) is 3.83. The molecule has 0 radical (unpaired) electrons. The van der Waals surface area contributed by atoms with Gasteiger partial charge in [-0.25, -0.2) is 9.37 Å². The van der Waals surface area contributed by atoms with E-state index in [4.69, 9.17) is 0 Å². The molecule has 0 bridgehead atoms. The summed E-state index contributed by atoms with van der Waals surface area (Å²) in [5.74, 6) is -0.812. The molecular weight excluding hydrogens is 317 g/mol. The molecule has 120 valence electrons. The number of likely N-dealkylation sites (tertiary alicyclic amines) is 1. The van der Waals surface area contributed by atoms with Crippen molar-refractivity contribution >= 4 is 28.3 Å². The van der Waals surface area contributed by atoms with Gasteiger partial charge in [-0.15, -0.1) is 11.3 Å². The fourth-order valence-corrected chi connectivity index (χ4v) is 3.10. The molecular formula is C16H16FN3O2S. The van der Waals surface area contributed by atoms with Gasteiger partial charge >= 0.3 is 0 Å². The zero-order valence-corrected chi connectivity index (χ0v) is 13.2. The summed E-state index contributed by atoms with van der Waals surface area (Å²) in [6.07, 6.45) is 2.49. The van der Waals surface area contributed by atoms with Gasteiger partial charge in [-0.1, -0.05) is 12.1 Å². The number of anilines is 1. The van der Waals surface area contributed by atoms with E-state index in [-0.39, 0.29) is 30.0 Å². The first-order chi connectivity index (χ1) is 11.1. The third kappa shape index (κ3) is 3.92. The summed E-state index contributed by atoms with van der Waals surface area (Å²) in [6.45, 7) is 0.947. The molecule has 7 heteroatoms. The Labute approximate surface area is 137 Å². The van der Waals surface area contributed by atoms with E-state index in [0.717, 1.165) is 5.56 Å². The van der Waals surface area contributed by atoms with Crippen molar-refractivity contribution < 1.29 is 14.0 Å². The first-order valence-electron chi connectivity index (χ1n) is 7.34. The maximum atomic E-state index is 12.9. The number of carbonyl (C=O) groups excluding carboxylic acids is 2. The molecule has 1 saturated heterocycles. The average Bonchev–Trinajstić information content (AvgIpc) is 3.16. The Hall–Kier alpha value is -2.28. The number of carbonyl (C=O) groups is 2. The number of halogens is 1. The number of nitrogens with one attached hydrogen (secondary N) is 1. The molecule has 0 unspecified atom stereocenters. The van der Waals surface area contributed by atoms with Gasteiger partial charge in [-0.3, -0.25) is 9.59 Å². The topological polar surface area (TPSA) is 62.3 Å². The smallest absolute Gasteiger partial charge is 0.231 e. The van der Waals surface area contributed by atoms with Crippen molar-refractivity contribution in [3.05, 3.63) is 47.2 Å². The fraction of sp³-hybridized carbons (Fsp3) is 0.312. The predicted octanol–water partition coefficient (Wildman–Crippen LogP) is 2.31. The molecule has 23 heavy (non-hydrogen) atoms. The SMILES string of the molecule is O=C(Nc1nccs1)[C@H]1CC(=O)N(CCc2ccc(F)cc2)C1. The van der Waals surface area contributed by atoms with Gasteiger partial charge in [0.25, 0.3) is 0 Å². The number of hydrogen-bond acceptors (Lipinski definition) is 4. The van der Waals surface area contributed by atoms with Gasteiger partial charge in [0, 0.05) is 31.1 Å². The Morgan fingerprint density at radius 2 is 2.17 bits per heavy atom. The highest BCUT2D eigenvalue weighted by Gasteiger charge is 2.34. The molecule has 1 aliphatic rings. The van der Waals surface area contributed by atoms with Crippen molar-refractivity contribution in [3.63, 3.8) is 0 Å². The van der Waals surface area contributed by atoms with Crippen LogP contribution >= 0.6 is 11.3 Å². The van der Waals surface area contributed by atoms with Crippen molar-refractivity contribution in [2.75, 3.05) is 18.4 Å². The van der Waals surface area contributed by atoms with Crippen LogP contribution in [0.3, 0.4) is 0 Å². The molecule has 3 rings (SSSR count). The molecule has 2 aromatic rings. The van der Waals surface area contributed by atoms with Crippen molar-refractivity contribution in [2.24, 2.45) is 5.92 Å². The number of amides is 2.